The molecule has 4 aromatic rings. The standard InChI is InChI=1S/C31H26FN3O3S/c32-24-13-10-22(11-14-24)21-35-27-20-23(12-15-29(27)39(38)28-9-5-4-8-26(28)31(35)37)30(36)34-18-16-33(17-19-34)25-6-2-1-3-7-25/h1-15,20H,16-19,21H2. The van der Waals surface area contributed by atoms with Gasteiger partial charge in [-0.25, -0.2) is 8.60 Å². The lowest BCUT2D eigenvalue weighted by Crippen LogP contribution is -2.48. The highest BCUT2D eigenvalue weighted by atomic mass is 32.2. The summed E-state index contributed by atoms with van der Waals surface area (Å²) in [6.07, 6.45) is 0. The molecular weight excluding hydrogens is 513 g/mol. The van der Waals surface area contributed by atoms with Crippen molar-refractivity contribution >= 4 is 34.0 Å². The molecule has 2 amide bonds. The third kappa shape index (κ3) is 4.83. The van der Waals surface area contributed by atoms with E-state index < -0.39 is 10.8 Å². The number of amides is 2. The van der Waals surface area contributed by atoms with Crippen molar-refractivity contribution in [3.8, 4) is 0 Å². The van der Waals surface area contributed by atoms with Crippen molar-refractivity contribution in [3.63, 3.8) is 0 Å². The van der Waals surface area contributed by atoms with Gasteiger partial charge in [-0.05, 0) is 60.2 Å². The van der Waals surface area contributed by atoms with E-state index in [1.54, 1.807) is 54.6 Å². The zero-order valence-corrected chi connectivity index (χ0v) is 21.9. The number of hydrogen-bond acceptors (Lipinski definition) is 4. The predicted octanol–water partition coefficient (Wildman–Crippen LogP) is 5.12. The molecule has 2 aliphatic heterocycles. The maximum absolute atomic E-state index is 13.8. The first-order valence-electron chi connectivity index (χ1n) is 12.8. The van der Waals surface area contributed by atoms with Crippen molar-refractivity contribution in [1.29, 1.82) is 0 Å². The lowest BCUT2D eigenvalue weighted by molar-refractivity contribution is 0.0746. The van der Waals surface area contributed by atoms with Crippen molar-refractivity contribution in [2.75, 3.05) is 36.0 Å². The Morgan fingerprint density at radius 1 is 0.795 bits per heavy atom. The molecule has 196 valence electrons. The molecule has 1 fully saturated rings. The number of anilines is 2. The second-order valence-electron chi connectivity index (χ2n) is 9.58. The zero-order chi connectivity index (χ0) is 26.9. The van der Waals surface area contributed by atoms with Crippen molar-refractivity contribution in [2.24, 2.45) is 0 Å². The average Bonchev–Trinajstić information content (AvgIpc) is 3.07. The molecular formula is C31H26FN3O3S. The molecule has 0 spiro atoms. The molecule has 39 heavy (non-hydrogen) atoms. The number of piperazine rings is 1. The summed E-state index contributed by atoms with van der Waals surface area (Å²) < 4.78 is 27.2. The summed E-state index contributed by atoms with van der Waals surface area (Å²) in [5.41, 5.74) is 3.05. The Bertz CT molecular complexity index is 1570. The second kappa shape index (κ2) is 10.5. The molecule has 0 saturated carbocycles. The van der Waals surface area contributed by atoms with Gasteiger partial charge in [0.25, 0.3) is 11.8 Å². The number of nitrogens with zero attached hydrogens (tertiary/aromatic N) is 3. The highest BCUT2D eigenvalue weighted by molar-refractivity contribution is 7.85. The Balaban J connectivity index is 1.33. The first-order chi connectivity index (χ1) is 19.0. The summed E-state index contributed by atoms with van der Waals surface area (Å²) in [5, 5.41) is 0. The van der Waals surface area contributed by atoms with Crippen LogP contribution in [0.1, 0.15) is 26.3 Å². The number of benzene rings is 4. The van der Waals surface area contributed by atoms with Crippen LogP contribution in [0.2, 0.25) is 0 Å². The van der Waals surface area contributed by atoms with Crippen LogP contribution in [0.25, 0.3) is 0 Å². The largest absolute Gasteiger partial charge is 0.368 e. The summed E-state index contributed by atoms with van der Waals surface area (Å²) in [7, 11) is -1.62. The molecule has 1 atom stereocenters. The molecule has 1 saturated heterocycles. The highest BCUT2D eigenvalue weighted by Gasteiger charge is 2.32. The van der Waals surface area contributed by atoms with Crippen LogP contribution in [0.3, 0.4) is 0 Å². The van der Waals surface area contributed by atoms with Gasteiger partial charge in [0.2, 0.25) is 0 Å². The van der Waals surface area contributed by atoms with E-state index in [4.69, 9.17) is 0 Å². The van der Waals surface area contributed by atoms with E-state index in [9.17, 15) is 18.2 Å². The molecule has 6 rings (SSSR count). The fraction of sp³-hybridized carbons (Fsp3) is 0.161. The van der Waals surface area contributed by atoms with Gasteiger partial charge in [0, 0.05) is 37.4 Å². The number of para-hydroxylation sites is 1. The van der Waals surface area contributed by atoms with Crippen molar-refractivity contribution in [2.45, 2.75) is 16.3 Å². The van der Waals surface area contributed by atoms with Gasteiger partial charge in [0.15, 0.2) is 0 Å². The minimum Gasteiger partial charge on any atom is -0.368 e. The van der Waals surface area contributed by atoms with E-state index in [0.717, 1.165) is 24.3 Å². The van der Waals surface area contributed by atoms with Crippen LogP contribution >= 0.6 is 0 Å². The van der Waals surface area contributed by atoms with E-state index in [-0.39, 0.29) is 24.2 Å². The number of hydrogen-bond donors (Lipinski definition) is 0. The number of halogens is 1. The lowest BCUT2D eigenvalue weighted by Gasteiger charge is -2.36. The molecule has 8 heteroatoms. The van der Waals surface area contributed by atoms with Crippen LogP contribution in [0, 0.1) is 5.82 Å². The van der Waals surface area contributed by atoms with Crippen molar-refractivity contribution < 1.29 is 18.2 Å². The summed E-state index contributed by atoms with van der Waals surface area (Å²) in [5.74, 6) is -0.816. The van der Waals surface area contributed by atoms with Crippen LogP contribution in [0.4, 0.5) is 15.8 Å². The molecule has 1 unspecified atom stereocenters. The van der Waals surface area contributed by atoms with Gasteiger partial charge in [-0.3, -0.25) is 9.59 Å². The van der Waals surface area contributed by atoms with Gasteiger partial charge in [-0.2, -0.15) is 0 Å². The van der Waals surface area contributed by atoms with Crippen LogP contribution < -0.4 is 9.80 Å². The van der Waals surface area contributed by atoms with E-state index in [2.05, 4.69) is 17.0 Å². The van der Waals surface area contributed by atoms with E-state index in [1.807, 2.05) is 23.1 Å². The average molecular weight is 540 g/mol. The van der Waals surface area contributed by atoms with E-state index >= 15 is 0 Å². The Morgan fingerprint density at radius 2 is 1.49 bits per heavy atom. The summed E-state index contributed by atoms with van der Waals surface area (Å²) in [4.78, 5) is 33.9. The smallest absolute Gasteiger partial charge is 0.259 e. The number of rotatable bonds is 4. The van der Waals surface area contributed by atoms with Crippen LogP contribution in [-0.2, 0) is 17.3 Å². The molecule has 0 radical (unpaired) electrons. The van der Waals surface area contributed by atoms with E-state index in [1.165, 1.54) is 17.0 Å². The zero-order valence-electron chi connectivity index (χ0n) is 21.1. The second-order valence-corrected chi connectivity index (χ2v) is 11.0. The van der Waals surface area contributed by atoms with Gasteiger partial charge in [-0.1, -0.05) is 42.5 Å². The predicted molar refractivity (Wildman–Crippen MR) is 149 cm³/mol. The number of carbonyl (C=O) groups excluding carboxylic acids is 2. The molecule has 0 aromatic heterocycles. The minimum atomic E-state index is -1.62. The van der Waals surface area contributed by atoms with Crippen molar-refractivity contribution in [3.05, 3.63) is 120 Å². The normalized spacial score (nSPS) is 16.9. The van der Waals surface area contributed by atoms with Gasteiger partial charge in [0.1, 0.15) is 5.82 Å². The molecule has 0 bridgehead atoms. The maximum atomic E-state index is 13.8. The fourth-order valence-electron chi connectivity index (χ4n) is 5.11. The maximum Gasteiger partial charge on any atom is 0.259 e. The molecule has 0 N–H and O–H groups in total. The van der Waals surface area contributed by atoms with E-state index in [0.29, 0.717) is 39.7 Å². The summed E-state index contributed by atoms with van der Waals surface area (Å²) >= 11 is 0. The van der Waals surface area contributed by atoms with Gasteiger partial charge >= 0.3 is 0 Å². The molecule has 2 heterocycles. The molecule has 4 aromatic carbocycles. The third-order valence-corrected chi connectivity index (χ3v) is 8.70. The minimum absolute atomic E-state index is 0.132. The summed E-state index contributed by atoms with van der Waals surface area (Å²) in [6.45, 7) is 2.72. The topological polar surface area (TPSA) is 60.9 Å². The first-order valence-corrected chi connectivity index (χ1v) is 13.9. The van der Waals surface area contributed by atoms with Crippen LogP contribution in [-0.4, -0.2) is 47.1 Å². The third-order valence-electron chi connectivity index (χ3n) is 7.20. The Labute approximate surface area is 228 Å². The van der Waals surface area contributed by atoms with Crippen molar-refractivity contribution in [1.82, 2.24) is 4.90 Å². The molecule has 2 aliphatic rings. The molecule has 6 nitrogen and oxygen atoms in total. The van der Waals surface area contributed by atoms with Crippen LogP contribution in [0.15, 0.2) is 107 Å². The fourth-order valence-corrected chi connectivity index (χ4v) is 6.46. The Hall–Kier alpha value is -4.30. The van der Waals surface area contributed by atoms with Gasteiger partial charge in [-0.15, -0.1) is 0 Å². The van der Waals surface area contributed by atoms with Crippen LogP contribution in [0.5, 0.6) is 0 Å². The quantitative estimate of drug-likeness (QED) is 0.362. The van der Waals surface area contributed by atoms with Gasteiger partial charge < -0.3 is 14.7 Å². The van der Waals surface area contributed by atoms with Gasteiger partial charge in [0.05, 0.1) is 38.4 Å². The SMILES string of the molecule is O=C(c1ccc2c(c1)N(Cc1ccc(F)cc1)C(=O)c1ccccc1S2=O)N1CCN(c2ccccc2)CC1. The Kier molecular flexibility index (Phi) is 6.70. The highest BCUT2D eigenvalue weighted by Crippen LogP contribution is 2.36. The number of fused-ring (bicyclic) bond motifs is 2. The number of carbonyl (C=O) groups is 2. The lowest BCUT2D eigenvalue weighted by atomic mass is 10.1. The first kappa shape index (κ1) is 25.0. The molecule has 0 aliphatic carbocycles. The Morgan fingerprint density at radius 3 is 2.23 bits per heavy atom. The monoisotopic (exact) mass is 539 g/mol. The summed E-state index contributed by atoms with van der Waals surface area (Å²) in [6, 6.07) is 28.0.